The predicted molar refractivity (Wildman–Crippen MR) is 112 cm³/mol. The van der Waals surface area contributed by atoms with Gasteiger partial charge in [-0.2, -0.15) is 0 Å². The van der Waals surface area contributed by atoms with E-state index in [0.717, 1.165) is 31.5 Å². The van der Waals surface area contributed by atoms with Gasteiger partial charge in [0.2, 0.25) is 0 Å². The van der Waals surface area contributed by atoms with E-state index in [2.05, 4.69) is 15.9 Å². The smallest absolute Gasteiger partial charge is 0.314 e. The highest BCUT2D eigenvalue weighted by Gasteiger charge is 2.21. The number of rotatable bonds is 2. The zero-order valence-corrected chi connectivity index (χ0v) is 16.8. The van der Waals surface area contributed by atoms with Gasteiger partial charge in [-0.25, -0.2) is 4.79 Å². The molecule has 0 aliphatic heterocycles. The lowest BCUT2D eigenvalue weighted by molar-refractivity contribution is 0.714. The van der Waals surface area contributed by atoms with E-state index in [1.54, 1.807) is 7.05 Å². The first-order chi connectivity index (χ1) is 12.9. The van der Waals surface area contributed by atoms with Gasteiger partial charge in [0, 0.05) is 36.0 Å². The zero-order chi connectivity index (χ0) is 19.3. The highest BCUT2D eigenvalue weighted by molar-refractivity contribution is 9.10. The number of nitrogens with zero attached hydrogens (tertiary/aromatic N) is 3. The van der Waals surface area contributed by atoms with E-state index in [4.69, 9.17) is 0 Å². The minimum atomic E-state index is -0.341. The van der Waals surface area contributed by atoms with Crippen LogP contribution in [0.5, 0.6) is 0 Å². The van der Waals surface area contributed by atoms with Crippen LogP contribution in [0.1, 0.15) is 5.56 Å². The Bertz CT molecular complexity index is 1290. The van der Waals surface area contributed by atoms with Crippen molar-refractivity contribution in [3.05, 3.63) is 85.6 Å². The molecule has 0 N–H and O–H groups in total. The quantitative estimate of drug-likeness (QED) is 0.492. The summed E-state index contributed by atoms with van der Waals surface area (Å²) in [5.41, 5.74) is 3.70. The van der Waals surface area contributed by atoms with E-state index in [1.165, 1.54) is 11.6 Å². The summed E-state index contributed by atoms with van der Waals surface area (Å²) < 4.78 is 5.53. The number of aryl methyl sites for hydroxylation is 2. The number of aromatic nitrogens is 3. The van der Waals surface area contributed by atoms with Gasteiger partial charge in [0.1, 0.15) is 0 Å². The SMILES string of the molecule is Cc1ccc(-n2cc3c(c2-c2ccccc2Br)c(=O)n(C)c(=O)n3C)cc1. The third kappa shape index (κ3) is 2.68. The van der Waals surface area contributed by atoms with Crippen molar-refractivity contribution in [1.82, 2.24) is 13.7 Å². The summed E-state index contributed by atoms with van der Waals surface area (Å²) >= 11 is 3.61. The van der Waals surface area contributed by atoms with E-state index < -0.39 is 0 Å². The van der Waals surface area contributed by atoms with Gasteiger partial charge >= 0.3 is 5.69 Å². The molecule has 0 bridgehead atoms. The second-order valence-corrected chi connectivity index (χ2v) is 7.48. The van der Waals surface area contributed by atoms with Crippen molar-refractivity contribution in [2.24, 2.45) is 14.1 Å². The van der Waals surface area contributed by atoms with Gasteiger partial charge in [0.15, 0.2) is 0 Å². The van der Waals surface area contributed by atoms with Crippen LogP contribution in [0.2, 0.25) is 0 Å². The van der Waals surface area contributed by atoms with Crippen LogP contribution >= 0.6 is 15.9 Å². The van der Waals surface area contributed by atoms with Crippen LogP contribution in [-0.2, 0) is 14.1 Å². The maximum absolute atomic E-state index is 13.0. The molecule has 0 amide bonds. The molecule has 0 fully saturated rings. The first-order valence-electron chi connectivity index (χ1n) is 8.53. The van der Waals surface area contributed by atoms with Gasteiger partial charge in [-0.3, -0.25) is 13.9 Å². The Labute approximate surface area is 164 Å². The molecule has 0 aliphatic rings. The molecule has 0 saturated heterocycles. The van der Waals surface area contributed by atoms with E-state index in [1.807, 2.05) is 66.2 Å². The molecule has 5 nitrogen and oxygen atoms in total. The van der Waals surface area contributed by atoms with Crippen LogP contribution in [-0.4, -0.2) is 13.7 Å². The molecule has 0 atom stereocenters. The molecule has 0 saturated carbocycles. The van der Waals surface area contributed by atoms with Crippen molar-refractivity contribution in [1.29, 1.82) is 0 Å². The Kier molecular flexibility index (Phi) is 4.15. The predicted octanol–water partition coefficient (Wildman–Crippen LogP) is 3.77. The number of fused-ring (bicyclic) bond motifs is 1. The normalized spacial score (nSPS) is 11.3. The molecule has 27 heavy (non-hydrogen) atoms. The molecule has 2 heterocycles. The molecule has 4 aromatic rings. The Morgan fingerprint density at radius 1 is 0.889 bits per heavy atom. The fraction of sp³-hybridized carbons (Fsp3) is 0.143. The van der Waals surface area contributed by atoms with Crippen LogP contribution < -0.4 is 11.2 Å². The van der Waals surface area contributed by atoms with Crippen LogP contribution in [0.15, 0.2) is 68.8 Å². The third-order valence-electron chi connectivity index (χ3n) is 4.88. The number of benzene rings is 2. The topological polar surface area (TPSA) is 48.9 Å². The first kappa shape index (κ1) is 17.5. The lowest BCUT2D eigenvalue weighted by atomic mass is 10.1. The van der Waals surface area contributed by atoms with Gasteiger partial charge in [0.05, 0.1) is 16.6 Å². The summed E-state index contributed by atoms with van der Waals surface area (Å²) in [7, 11) is 3.20. The van der Waals surface area contributed by atoms with Gasteiger partial charge in [-0.1, -0.05) is 51.8 Å². The lowest BCUT2D eigenvalue weighted by Gasteiger charge is -2.12. The molecule has 2 aromatic carbocycles. The van der Waals surface area contributed by atoms with Crippen molar-refractivity contribution in [2.75, 3.05) is 0 Å². The molecule has 0 spiro atoms. The van der Waals surface area contributed by atoms with E-state index >= 15 is 0 Å². The van der Waals surface area contributed by atoms with Gasteiger partial charge in [0.25, 0.3) is 5.56 Å². The first-order valence-corrected chi connectivity index (χ1v) is 9.32. The monoisotopic (exact) mass is 423 g/mol. The van der Waals surface area contributed by atoms with Crippen molar-refractivity contribution in [2.45, 2.75) is 6.92 Å². The Morgan fingerprint density at radius 3 is 2.22 bits per heavy atom. The minimum absolute atomic E-state index is 0.301. The summed E-state index contributed by atoms with van der Waals surface area (Å²) in [4.78, 5) is 25.4. The molecule has 0 unspecified atom stereocenters. The average molecular weight is 424 g/mol. The van der Waals surface area contributed by atoms with Crippen LogP contribution in [0.25, 0.3) is 27.8 Å². The second kappa shape index (κ2) is 6.39. The molecule has 2 aromatic heterocycles. The number of halogens is 1. The Morgan fingerprint density at radius 2 is 1.56 bits per heavy atom. The summed E-state index contributed by atoms with van der Waals surface area (Å²) in [5, 5.41) is 0.520. The minimum Gasteiger partial charge on any atom is -0.314 e. The van der Waals surface area contributed by atoms with Crippen molar-refractivity contribution in [3.8, 4) is 16.9 Å². The van der Waals surface area contributed by atoms with Crippen molar-refractivity contribution in [3.63, 3.8) is 0 Å². The molecule has 0 radical (unpaired) electrons. The highest BCUT2D eigenvalue weighted by atomic mass is 79.9. The summed E-state index contributed by atoms with van der Waals surface area (Å²) in [5.74, 6) is 0. The molecular formula is C21H18BrN3O2. The standard InChI is InChI=1S/C21H18BrN3O2/c1-13-8-10-14(11-9-13)25-12-17-18(20(26)24(3)21(27)23(17)2)19(25)15-6-4-5-7-16(15)22/h4-12H,1-3H3. The highest BCUT2D eigenvalue weighted by Crippen LogP contribution is 2.35. The number of hydrogen-bond acceptors (Lipinski definition) is 2. The van der Waals surface area contributed by atoms with Crippen LogP contribution in [0.4, 0.5) is 0 Å². The molecule has 136 valence electrons. The van der Waals surface area contributed by atoms with Gasteiger partial charge in [-0.05, 0) is 25.1 Å². The summed E-state index contributed by atoms with van der Waals surface area (Å²) in [6, 6.07) is 15.9. The second-order valence-electron chi connectivity index (χ2n) is 6.63. The Balaban J connectivity index is 2.23. The van der Waals surface area contributed by atoms with E-state index in [0.29, 0.717) is 10.9 Å². The molecule has 0 aliphatic carbocycles. The lowest BCUT2D eigenvalue weighted by Crippen LogP contribution is -2.36. The molecule has 6 heteroatoms. The largest absolute Gasteiger partial charge is 0.330 e. The molecule has 4 rings (SSSR count). The fourth-order valence-electron chi connectivity index (χ4n) is 3.37. The average Bonchev–Trinajstić information content (AvgIpc) is 3.06. The number of hydrogen-bond donors (Lipinski definition) is 0. The van der Waals surface area contributed by atoms with Crippen molar-refractivity contribution < 1.29 is 0 Å². The van der Waals surface area contributed by atoms with Crippen LogP contribution in [0.3, 0.4) is 0 Å². The maximum Gasteiger partial charge on any atom is 0.330 e. The maximum atomic E-state index is 13.0. The van der Waals surface area contributed by atoms with Crippen molar-refractivity contribution >= 4 is 26.8 Å². The zero-order valence-electron chi connectivity index (χ0n) is 15.2. The Hall–Kier alpha value is -2.86. The fourth-order valence-corrected chi connectivity index (χ4v) is 3.84. The third-order valence-corrected chi connectivity index (χ3v) is 5.57. The summed E-state index contributed by atoms with van der Waals surface area (Å²) in [6.07, 6.45) is 1.86. The molecular weight excluding hydrogens is 406 g/mol. The van der Waals surface area contributed by atoms with E-state index in [-0.39, 0.29) is 11.2 Å². The van der Waals surface area contributed by atoms with Crippen LogP contribution in [0, 0.1) is 6.92 Å². The van der Waals surface area contributed by atoms with E-state index in [9.17, 15) is 9.59 Å². The van der Waals surface area contributed by atoms with Gasteiger partial charge in [-0.15, -0.1) is 0 Å². The van der Waals surface area contributed by atoms with Gasteiger partial charge < -0.3 is 4.57 Å². The summed E-state index contributed by atoms with van der Waals surface area (Å²) in [6.45, 7) is 2.03.